The molecule has 1 aromatic rings. The quantitative estimate of drug-likeness (QED) is 0.929. The van der Waals surface area contributed by atoms with Crippen LogP contribution in [-0.2, 0) is 13.5 Å². The lowest BCUT2D eigenvalue weighted by Gasteiger charge is -2.49. The number of nitrogens with zero attached hydrogens (tertiary/aromatic N) is 3. The highest BCUT2D eigenvalue weighted by atomic mass is 15.3. The largest absolute Gasteiger partial charge is 0.362 e. The Morgan fingerprint density at radius 1 is 1.38 bits per heavy atom. The average Bonchev–Trinajstić information content (AvgIpc) is 3.05. The van der Waals surface area contributed by atoms with E-state index in [0.717, 1.165) is 19.5 Å². The number of nitrogens with one attached hydrogen (secondary N) is 1. The van der Waals surface area contributed by atoms with Crippen molar-refractivity contribution in [2.45, 2.75) is 64.5 Å². The van der Waals surface area contributed by atoms with Crippen molar-refractivity contribution in [3.63, 3.8) is 0 Å². The van der Waals surface area contributed by atoms with E-state index in [4.69, 9.17) is 0 Å². The monoisotopic (exact) mass is 290 g/mol. The van der Waals surface area contributed by atoms with E-state index in [1.165, 1.54) is 37.1 Å². The number of hydrogen-bond acceptors (Lipinski definition) is 3. The maximum absolute atomic E-state index is 4.67. The zero-order valence-electron chi connectivity index (χ0n) is 14.0. The molecule has 1 spiro atoms. The molecule has 2 heterocycles. The molecule has 1 saturated heterocycles. The van der Waals surface area contributed by atoms with Gasteiger partial charge in [-0.3, -0.25) is 4.68 Å². The van der Waals surface area contributed by atoms with Crippen molar-refractivity contribution in [2.24, 2.45) is 13.0 Å². The summed E-state index contributed by atoms with van der Waals surface area (Å²) >= 11 is 0. The van der Waals surface area contributed by atoms with Crippen LogP contribution in [0, 0.1) is 5.92 Å². The topological polar surface area (TPSA) is 33.1 Å². The van der Waals surface area contributed by atoms with Gasteiger partial charge in [0.15, 0.2) is 0 Å². The van der Waals surface area contributed by atoms with Crippen LogP contribution in [0.2, 0.25) is 0 Å². The molecule has 3 rings (SSSR count). The van der Waals surface area contributed by atoms with Gasteiger partial charge in [-0.25, -0.2) is 0 Å². The van der Waals surface area contributed by atoms with E-state index in [1.807, 2.05) is 11.7 Å². The Labute approximate surface area is 128 Å². The molecule has 1 aliphatic heterocycles. The fourth-order valence-corrected chi connectivity index (χ4v) is 4.19. The molecule has 21 heavy (non-hydrogen) atoms. The van der Waals surface area contributed by atoms with Crippen LogP contribution in [0.25, 0.3) is 0 Å². The molecule has 0 radical (unpaired) electrons. The zero-order chi connectivity index (χ0) is 15.0. The number of aryl methyl sites for hydroxylation is 2. The summed E-state index contributed by atoms with van der Waals surface area (Å²) in [6.07, 6.45) is 8.65. The van der Waals surface area contributed by atoms with Crippen molar-refractivity contribution in [1.29, 1.82) is 0 Å². The Bertz CT molecular complexity index is 485. The summed E-state index contributed by atoms with van der Waals surface area (Å²) in [7, 11) is 2.04. The maximum Gasteiger partial charge on any atom is 0.0855 e. The predicted octanol–water partition coefficient (Wildman–Crippen LogP) is 2.73. The van der Waals surface area contributed by atoms with Gasteiger partial charge in [0.2, 0.25) is 0 Å². The summed E-state index contributed by atoms with van der Waals surface area (Å²) < 4.78 is 1.98. The summed E-state index contributed by atoms with van der Waals surface area (Å²) in [5.41, 5.74) is 2.97. The first-order valence-electron chi connectivity index (χ1n) is 8.59. The predicted molar refractivity (Wildman–Crippen MR) is 87.8 cm³/mol. The molecular weight excluding hydrogens is 260 g/mol. The van der Waals surface area contributed by atoms with Gasteiger partial charge in [0.1, 0.15) is 0 Å². The molecule has 1 saturated carbocycles. The van der Waals surface area contributed by atoms with Crippen LogP contribution >= 0.6 is 0 Å². The molecule has 1 atom stereocenters. The molecule has 1 aromatic heterocycles. The van der Waals surface area contributed by atoms with Crippen LogP contribution in [0.3, 0.4) is 0 Å². The Morgan fingerprint density at radius 3 is 2.71 bits per heavy atom. The van der Waals surface area contributed by atoms with Crippen LogP contribution in [0.1, 0.15) is 52.1 Å². The van der Waals surface area contributed by atoms with E-state index in [2.05, 4.69) is 42.3 Å². The third kappa shape index (κ3) is 2.70. The SMILES string of the molecule is CCc1nn(C)cc1N1CC2(CCCC2)NCC1C(C)C. The minimum Gasteiger partial charge on any atom is -0.362 e. The molecule has 4 nitrogen and oxygen atoms in total. The normalized spacial score (nSPS) is 25.2. The van der Waals surface area contributed by atoms with Gasteiger partial charge in [-0.05, 0) is 25.2 Å². The minimum absolute atomic E-state index is 0.353. The van der Waals surface area contributed by atoms with Gasteiger partial charge in [0.25, 0.3) is 0 Å². The zero-order valence-corrected chi connectivity index (χ0v) is 14.0. The van der Waals surface area contributed by atoms with E-state index in [-0.39, 0.29) is 0 Å². The average molecular weight is 290 g/mol. The van der Waals surface area contributed by atoms with Crippen molar-refractivity contribution in [3.8, 4) is 0 Å². The second kappa shape index (κ2) is 5.64. The first-order chi connectivity index (χ1) is 10.0. The smallest absolute Gasteiger partial charge is 0.0855 e. The van der Waals surface area contributed by atoms with Gasteiger partial charge in [0.05, 0.1) is 11.4 Å². The van der Waals surface area contributed by atoms with E-state index in [0.29, 0.717) is 17.5 Å². The second-order valence-corrected chi connectivity index (χ2v) is 7.30. The summed E-state index contributed by atoms with van der Waals surface area (Å²) in [5, 5.41) is 8.57. The Balaban J connectivity index is 1.93. The van der Waals surface area contributed by atoms with Crippen molar-refractivity contribution in [3.05, 3.63) is 11.9 Å². The number of anilines is 1. The third-order valence-corrected chi connectivity index (χ3v) is 5.42. The number of piperazine rings is 1. The summed E-state index contributed by atoms with van der Waals surface area (Å²) in [5.74, 6) is 0.654. The molecule has 2 fully saturated rings. The van der Waals surface area contributed by atoms with Crippen LogP contribution in [-0.4, -0.2) is 34.5 Å². The summed E-state index contributed by atoms with van der Waals surface area (Å²) in [4.78, 5) is 2.66. The molecular formula is C17H30N4. The van der Waals surface area contributed by atoms with Crippen LogP contribution in [0.15, 0.2) is 6.20 Å². The number of aromatic nitrogens is 2. The minimum atomic E-state index is 0.353. The van der Waals surface area contributed by atoms with Crippen molar-refractivity contribution in [2.75, 3.05) is 18.0 Å². The summed E-state index contributed by atoms with van der Waals surface area (Å²) in [6, 6.07) is 0.575. The lowest BCUT2D eigenvalue weighted by atomic mass is 9.88. The molecule has 1 N–H and O–H groups in total. The molecule has 1 unspecified atom stereocenters. The lowest BCUT2D eigenvalue weighted by Crippen LogP contribution is -2.64. The molecule has 4 heteroatoms. The van der Waals surface area contributed by atoms with Crippen molar-refractivity contribution >= 4 is 5.69 Å². The van der Waals surface area contributed by atoms with Crippen molar-refractivity contribution < 1.29 is 0 Å². The van der Waals surface area contributed by atoms with E-state index < -0.39 is 0 Å². The first kappa shape index (κ1) is 14.9. The molecule has 0 aromatic carbocycles. The van der Waals surface area contributed by atoms with Gasteiger partial charge in [-0.15, -0.1) is 0 Å². The van der Waals surface area contributed by atoms with Gasteiger partial charge < -0.3 is 10.2 Å². The second-order valence-electron chi connectivity index (χ2n) is 7.30. The number of rotatable bonds is 3. The molecule has 1 aliphatic carbocycles. The van der Waals surface area contributed by atoms with Gasteiger partial charge in [0, 0.05) is 37.9 Å². The summed E-state index contributed by atoms with van der Waals surface area (Å²) in [6.45, 7) is 9.15. The Hall–Kier alpha value is -1.03. The molecule has 118 valence electrons. The van der Waals surface area contributed by atoms with Crippen molar-refractivity contribution in [1.82, 2.24) is 15.1 Å². The van der Waals surface area contributed by atoms with Gasteiger partial charge in [-0.2, -0.15) is 5.10 Å². The van der Waals surface area contributed by atoms with Gasteiger partial charge in [-0.1, -0.05) is 33.6 Å². The highest BCUT2D eigenvalue weighted by molar-refractivity contribution is 5.52. The van der Waals surface area contributed by atoms with Crippen LogP contribution in [0.5, 0.6) is 0 Å². The Kier molecular flexibility index (Phi) is 4.00. The maximum atomic E-state index is 4.67. The molecule has 0 bridgehead atoms. The Morgan fingerprint density at radius 2 is 2.10 bits per heavy atom. The highest BCUT2D eigenvalue weighted by Gasteiger charge is 2.42. The fourth-order valence-electron chi connectivity index (χ4n) is 4.19. The highest BCUT2D eigenvalue weighted by Crippen LogP contribution is 2.37. The van der Waals surface area contributed by atoms with E-state index in [1.54, 1.807) is 0 Å². The molecule has 2 aliphatic rings. The van der Waals surface area contributed by atoms with Crippen LogP contribution < -0.4 is 10.2 Å². The van der Waals surface area contributed by atoms with E-state index >= 15 is 0 Å². The molecule has 0 amide bonds. The number of hydrogen-bond donors (Lipinski definition) is 1. The van der Waals surface area contributed by atoms with Gasteiger partial charge >= 0.3 is 0 Å². The van der Waals surface area contributed by atoms with Crippen LogP contribution in [0.4, 0.5) is 5.69 Å². The lowest BCUT2D eigenvalue weighted by molar-refractivity contribution is 0.245. The van der Waals surface area contributed by atoms with E-state index in [9.17, 15) is 0 Å². The fraction of sp³-hybridized carbons (Fsp3) is 0.824. The first-order valence-corrected chi connectivity index (χ1v) is 8.59. The third-order valence-electron chi connectivity index (χ3n) is 5.42. The standard InChI is InChI=1S/C17H30N4/c1-5-14-16(11-20(4)19-14)21-12-17(8-6-7-9-17)18-10-15(21)13(2)3/h11,13,15,18H,5-10,12H2,1-4H3.